The van der Waals surface area contributed by atoms with Crippen LogP contribution in [-0.4, -0.2) is 34.5 Å². The van der Waals surface area contributed by atoms with Crippen LogP contribution in [0.25, 0.3) is 22.0 Å². The van der Waals surface area contributed by atoms with Crippen LogP contribution in [0.3, 0.4) is 0 Å². The molecular formula is C29H24N4O4. The fourth-order valence-electron chi connectivity index (χ4n) is 3.90. The van der Waals surface area contributed by atoms with Crippen molar-refractivity contribution in [2.45, 2.75) is 6.61 Å². The molecule has 1 amide bonds. The van der Waals surface area contributed by atoms with Crippen LogP contribution in [0.4, 0.5) is 0 Å². The van der Waals surface area contributed by atoms with E-state index in [2.05, 4.69) is 20.7 Å². The minimum atomic E-state index is -0.468. The van der Waals surface area contributed by atoms with Gasteiger partial charge in [-0.2, -0.15) is 10.2 Å². The number of fused-ring (bicyclic) bond motifs is 1. The maximum atomic E-state index is 12.6. The van der Waals surface area contributed by atoms with Gasteiger partial charge in [-0.25, -0.2) is 5.43 Å². The standard InChI is InChI=1S/C29H24N4O4/c1-36-28-15-21(12-14-27(28)37-18-19-7-3-2-4-8-19)24-16-25(32-31-24)29(35)33-30-17-23-22-10-6-5-9-20(22)11-13-26(23)34/h2-17,34H,18H2,1H3,(H,31,32)(H,33,35)/b30-17+. The molecule has 8 heteroatoms. The second kappa shape index (κ2) is 10.7. The summed E-state index contributed by atoms with van der Waals surface area (Å²) in [5, 5.41) is 23.0. The fraction of sp³-hybridized carbons (Fsp3) is 0.0690. The van der Waals surface area contributed by atoms with Gasteiger partial charge in [0.2, 0.25) is 0 Å². The number of hydrogen-bond acceptors (Lipinski definition) is 6. The van der Waals surface area contributed by atoms with E-state index < -0.39 is 5.91 Å². The fourth-order valence-corrected chi connectivity index (χ4v) is 3.90. The number of aromatic amines is 1. The van der Waals surface area contributed by atoms with Crippen molar-refractivity contribution in [3.63, 3.8) is 0 Å². The van der Waals surface area contributed by atoms with Crippen LogP contribution in [0, 0.1) is 0 Å². The van der Waals surface area contributed by atoms with E-state index in [0.29, 0.717) is 29.4 Å². The number of nitrogens with one attached hydrogen (secondary N) is 2. The number of hydrogen-bond donors (Lipinski definition) is 3. The molecule has 8 nitrogen and oxygen atoms in total. The summed E-state index contributed by atoms with van der Waals surface area (Å²) in [6.07, 6.45) is 1.42. The highest BCUT2D eigenvalue weighted by Crippen LogP contribution is 2.32. The van der Waals surface area contributed by atoms with Gasteiger partial charge in [0.05, 0.1) is 19.0 Å². The molecule has 0 atom stereocenters. The van der Waals surface area contributed by atoms with E-state index >= 15 is 0 Å². The van der Waals surface area contributed by atoms with E-state index in [1.165, 1.54) is 6.21 Å². The molecule has 0 unspecified atom stereocenters. The number of phenols is 1. The number of benzene rings is 4. The van der Waals surface area contributed by atoms with Gasteiger partial charge in [-0.15, -0.1) is 0 Å². The molecule has 0 radical (unpaired) electrons. The lowest BCUT2D eigenvalue weighted by atomic mass is 10.0. The Kier molecular flexibility index (Phi) is 6.80. The predicted molar refractivity (Wildman–Crippen MR) is 142 cm³/mol. The summed E-state index contributed by atoms with van der Waals surface area (Å²) in [6.45, 7) is 0.417. The number of aromatic nitrogens is 2. The first-order valence-corrected chi connectivity index (χ1v) is 11.6. The van der Waals surface area contributed by atoms with Gasteiger partial charge in [0.15, 0.2) is 11.5 Å². The maximum Gasteiger partial charge on any atom is 0.289 e. The Morgan fingerprint density at radius 3 is 2.65 bits per heavy atom. The quantitative estimate of drug-likeness (QED) is 0.202. The maximum absolute atomic E-state index is 12.6. The van der Waals surface area contributed by atoms with Crippen molar-refractivity contribution in [1.82, 2.24) is 15.6 Å². The molecule has 3 N–H and O–H groups in total. The van der Waals surface area contributed by atoms with E-state index in [-0.39, 0.29) is 11.4 Å². The van der Waals surface area contributed by atoms with Gasteiger partial charge >= 0.3 is 0 Å². The van der Waals surface area contributed by atoms with Gasteiger partial charge in [0.25, 0.3) is 5.91 Å². The van der Waals surface area contributed by atoms with E-state index in [1.807, 2.05) is 72.8 Å². The molecule has 5 aromatic rings. The second-order valence-corrected chi connectivity index (χ2v) is 8.23. The summed E-state index contributed by atoms with van der Waals surface area (Å²) in [6, 6.07) is 28.0. The highest BCUT2D eigenvalue weighted by Gasteiger charge is 2.13. The van der Waals surface area contributed by atoms with Crippen molar-refractivity contribution >= 4 is 22.9 Å². The Balaban J connectivity index is 1.27. The third-order valence-electron chi connectivity index (χ3n) is 5.83. The Morgan fingerprint density at radius 1 is 1.00 bits per heavy atom. The van der Waals surface area contributed by atoms with Gasteiger partial charge in [0, 0.05) is 11.1 Å². The zero-order chi connectivity index (χ0) is 25.6. The van der Waals surface area contributed by atoms with E-state index in [0.717, 1.165) is 21.9 Å². The van der Waals surface area contributed by atoms with Crippen molar-refractivity contribution in [3.8, 4) is 28.5 Å². The predicted octanol–water partition coefficient (Wildman–Crippen LogP) is 5.29. The zero-order valence-electron chi connectivity index (χ0n) is 20.0. The number of phenolic OH excluding ortho intramolecular Hbond substituents is 1. The highest BCUT2D eigenvalue weighted by molar-refractivity contribution is 6.03. The lowest BCUT2D eigenvalue weighted by molar-refractivity contribution is 0.0950. The summed E-state index contributed by atoms with van der Waals surface area (Å²) >= 11 is 0. The van der Waals surface area contributed by atoms with Gasteiger partial charge in [-0.1, -0.05) is 60.7 Å². The molecule has 4 aromatic carbocycles. The topological polar surface area (TPSA) is 109 Å². The van der Waals surface area contributed by atoms with Gasteiger partial charge < -0.3 is 14.6 Å². The Morgan fingerprint density at radius 2 is 1.81 bits per heavy atom. The number of rotatable bonds is 8. The van der Waals surface area contributed by atoms with Gasteiger partial charge in [-0.3, -0.25) is 9.89 Å². The summed E-state index contributed by atoms with van der Waals surface area (Å²) in [7, 11) is 1.57. The average Bonchev–Trinajstić information content (AvgIpc) is 3.44. The average molecular weight is 493 g/mol. The Bertz CT molecular complexity index is 1580. The molecule has 0 fully saturated rings. The van der Waals surface area contributed by atoms with E-state index in [4.69, 9.17) is 9.47 Å². The first-order chi connectivity index (χ1) is 18.1. The van der Waals surface area contributed by atoms with Crippen molar-refractivity contribution in [1.29, 1.82) is 0 Å². The van der Waals surface area contributed by atoms with Crippen LogP contribution in [0.5, 0.6) is 17.2 Å². The van der Waals surface area contributed by atoms with Gasteiger partial charge in [-0.05, 0) is 46.7 Å². The smallest absolute Gasteiger partial charge is 0.289 e. The van der Waals surface area contributed by atoms with Crippen LogP contribution >= 0.6 is 0 Å². The molecule has 0 spiro atoms. The first-order valence-electron chi connectivity index (χ1n) is 11.6. The highest BCUT2D eigenvalue weighted by atomic mass is 16.5. The first kappa shape index (κ1) is 23.6. The molecule has 0 aliphatic heterocycles. The SMILES string of the molecule is COc1cc(-c2cc(C(=O)N/N=C/c3c(O)ccc4ccccc34)[nH]n2)ccc1OCc1ccccc1. The molecule has 0 saturated carbocycles. The summed E-state index contributed by atoms with van der Waals surface area (Å²) in [5.74, 6) is 0.770. The minimum Gasteiger partial charge on any atom is -0.507 e. The number of hydrazone groups is 1. The molecule has 0 aliphatic rings. The number of aromatic hydroxyl groups is 1. The number of amides is 1. The molecule has 0 saturated heterocycles. The van der Waals surface area contributed by atoms with Crippen molar-refractivity contribution < 1.29 is 19.4 Å². The number of methoxy groups -OCH3 is 1. The number of nitrogens with zero attached hydrogens (tertiary/aromatic N) is 2. The van der Waals surface area contributed by atoms with Crippen molar-refractivity contribution in [3.05, 3.63) is 108 Å². The Hall–Kier alpha value is -5.11. The third-order valence-corrected chi connectivity index (χ3v) is 5.83. The van der Waals surface area contributed by atoms with Crippen LogP contribution in [0.2, 0.25) is 0 Å². The second-order valence-electron chi connectivity index (χ2n) is 8.23. The van der Waals surface area contributed by atoms with E-state index in [1.54, 1.807) is 25.3 Å². The van der Waals surface area contributed by atoms with Crippen LogP contribution in [0.15, 0.2) is 96.1 Å². The zero-order valence-corrected chi connectivity index (χ0v) is 20.0. The third kappa shape index (κ3) is 5.28. The Labute approximate surface area is 213 Å². The molecule has 1 heterocycles. The minimum absolute atomic E-state index is 0.0747. The van der Waals surface area contributed by atoms with Crippen molar-refractivity contribution in [2.75, 3.05) is 7.11 Å². The molecule has 1 aromatic heterocycles. The monoisotopic (exact) mass is 492 g/mol. The molecule has 5 rings (SSSR count). The molecular weight excluding hydrogens is 468 g/mol. The number of ether oxygens (including phenoxy) is 2. The molecule has 0 aliphatic carbocycles. The summed E-state index contributed by atoms with van der Waals surface area (Å²) in [5.41, 5.74) is 5.59. The molecule has 37 heavy (non-hydrogen) atoms. The van der Waals surface area contributed by atoms with E-state index in [9.17, 15) is 9.90 Å². The molecule has 184 valence electrons. The largest absolute Gasteiger partial charge is 0.507 e. The lowest BCUT2D eigenvalue weighted by Gasteiger charge is -2.11. The van der Waals surface area contributed by atoms with Crippen LogP contribution in [0.1, 0.15) is 21.6 Å². The van der Waals surface area contributed by atoms with Gasteiger partial charge in [0.1, 0.15) is 18.1 Å². The lowest BCUT2D eigenvalue weighted by Crippen LogP contribution is -2.18. The van der Waals surface area contributed by atoms with Crippen LogP contribution < -0.4 is 14.9 Å². The van der Waals surface area contributed by atoms with Crippen molar-refractivity contribution in [2.24, 2.45) is 5.10 Å². The number of carbonyl (C=O) groups is 1. The number of H-pyrrole nitrogens is 1. The number of carbonyl (C=O) groups excluding carboxylic acids is 1. The van der Waals surface area contributed by atoms with Crippen LogP contribution in [-0.2, 0) is 6.61 Å². The normalized spacial score (nSPS) is 11.1. The summed E-state index contributed by atoms with van der Waals surface area (Å²) in [4.78, 5) is 12.6. The summed E-state index contributed by atoms with van der Waals surface area (Å²) < 4.78 is 11.4. The molecule has 0 bridgehead atoms.